The summed E-state index contributed by atoms with van der Waals surface area (Å²) in [7, 11) is 0. The van der Waals surface area contributed by atoms with Crippen molar-refractivity contribution in [3.05, 3.63) is 230 Å². The van der Waals surface area contributed by atoms with E-state index >= 15 is 0 Å². The van der Waals surface area contributed by atoms with Gasteiger partial charge < -0.3 is 4.90 Å². The summed E-state index contributed by atoms with van der Waals surface area (Å²) in [5.74, 6) is 0. The monoisotopic (exact) mass is 701 g/mol. The van der Waals surface area contributed by atoms with Crippen molar-refractivity contribution < 1.29 is 0 Å². The maximum absolute atomic E-state index is 2.59. The van der Waals surface area contributed by atoms with Crippen LogP contribution in [0, 0.1) is 0 Å². The molecular weight excluding hydrogens is 663 g/mol. The molecule has 0 saturated carbocycles. The highest BCUT2D eigenvalue weighted by molar-refractivity contribution is 6.05. The molecule has 1 aliphatic heterocycles. The van der Waals surface area contributed by atoms with E-state index < -0.39 is 0 Å². The van der Waals surface area contributed by atoms with Crippen LogP contribution in [0.1, 0.15) is 17.5 Å². The van der Waals surface area contributed by atoms with Gasteiger partial charge in [-0.05, 0) is 128 Å². The number of rotatable bonds is 7. The number of para-hydroxylation sites is 1. The van der Waals surface area contributed by atoms with E-state index in [-0.39, 0.29) is 6.04 Å². The third-order valence-corrected chi connectivity index (χ3v) is 11.1. The van der Waals surface area contributed by atoms with Gasteiger partial charge in [0.15, 0.2) is 0 Å². The van der Waals surface area contributed by atoms with Crippen LogP contribution in [-0.2, 0) is 0 Å². The Morgan fingerprint density at radius 1 is 0.345 bits per heavy atom. The SMILES string of the molecule is C1=C(c2cccc(-c3cc(-c4ccccc4)cc(-c4ccccc4)c3)c2)C=C2c3cc(-c4ccccc4)cc(-c4ccccc4)c3N(c3ccccc3)C2C1. The maximum atomic E-state index is 2.59. The molecule has 0 radical (unpaired) electrons. The van der Waals surface area contributed by atoms with E-state index in [1.54, 1.807) is 0 Å². The van der Waals surface area contributed by atoms with E-state index in [2.05, 4.69) is 223 Å². The van der Waals surface area contributed by atoms with Crippen molar-refractivity contribution in [3.63, 3.8) is 0 Å². The van der Waals surface area contributed by atoms with Crippen LogP contribution < -0.4 is 4.90 Å². The van der Waals surface area contributed by atoms with Gasteiger partial charge in [-0.3, -0.25) is 0 Å². The van der Waals surface area contributed by atoms with Crippen molar-refractivity contribution >= 4 is 22.5 Å². The summed E-state index contributed by atoms with van der Waals surface area (Å²) >= 11 is 0. The fourth-order valence-corrected chi connectivity index (χ4v) is 8.46. The average Bonchev–Trinajstić information content (AvgIpc) is 3.61. The summed E-state index contributed by atoms with van der Waals surface area (Å²) in [6, 6.07) is 75.2. The molecule has 10 rings (SSSR count). The third-order valence-electron chi connectivity index (χ3n) is 11.1. The summed E-state index contributed by atoms with van der Waals surface area (Å²) in [4.78, 5) is 2.59. The van der Waals surface area contributed by atoms with Gasteiger partial charge in [0, 0.05) is 16.8 Å². The largest absolute Gasteiger partial charge is 0.333 e. The first kappa shape index (κ1) is 32.7. The van der Waals surface area contributed by atoms with Crippen LogP contribution in [0.5, 0.6) is 0 Å². The Morgan fingerprint density at radius 3 is 1.33 bits per heavy atom. The van der Waals surface area contributed by atoms with Crippen LogP contribution in [0.3, 0.4) is 0 Å². The molecule has 1 nitrogen and oxygen atoms in total. The topological polar surface area (TPSA) is 3.24 Å². The van der Waals surface area contributed by atoms with Crippen molar-refractivity contribution in [1.82, 2.24) is 0 Å². The predicted molar refractivity (Wildman–Crippen MR) is 233 cm³/mol. The molecule has 0 bridgehead atoms. The van der Waals surface area contributed by atoms with Crippen LogP contribution in [0.4, 0.5) is 11.4 Å². The van der Waals surface area contributed by atoms with Crippen molar-refractivity contribution in [2.45, 2.75) is 12.5 Å². The molecule has 1 heteroatoms. The molecule has 55 heavy (non-hydrogen) atoms. The summed E-state index contributed by atoms with van der Waals surface area (Å²) < 4.78 is 0. The van der Waals surface area contributed by atoms with E-state index in [0.717, 1.165) is 6.42 Å². The molecule has 0 spiro atoms. The number of hydrogen-bond acceptors (Lipinski definition) is 1. The van der Waals surface area contributed by atoms with Crippen LogP contribution in [0.15, 0.2) is 218 Å². The van der Waals surface area contributed by atoms with Gasteiger partial charge in [-0.1, -0.05) is 164 Å². The van der Waals surface area contributed by atoms with Crippen LogP contribution in [-0.4, -0.2) is 6.04 Å². The molecule has 0 saturated heterocycles. The summed E-state index contributed by atoms with van der Waals surface area (Å²) in [6.07, 6.45) is 5.82. The van der Waals surface area contributed by atoms with E-state index in [0.29, 0.717) is 0 Å². The average molecular weight is 702 g/mol. The molecule has 8 aromatic carbocycles. The second-order valence-electron chi connectivity index (χ2n) is 14.5. The Balaban J connectivity index is 1.11. The number of hydrogen-bond donors (Lipinski definition) is 0. The lowest BCUT2D eigenvalue weighted by Gasteiger charge is -2.30. The van der Waals surface area contributed by atoms with Gasteiger partial charge >= 0.3 is 0 Å². The number of benzene rings is 8. The quantitative estimate of drug-likeness (QED) is 0.160. The third kappa shape index (κ3) is 6.20. The van der Waals surface area contributed by atoms with Gasteiger partial charge in [-0.2, -0.15) is 0 Å². The number of nitrogens with zero attached hydrogens (tertiary/aromatic N) is 1. The molecule has 0 amide bonds. The van der Waals surface area contributed by atoms with Gasteiger partial charge in [0.2, 0.25) is 0 Å². The molecule has 8 aromatic rings. The second kappa shape index (κ2) is 14.1. The lowest BCUT2D eigenvalue weighted by atomic mass is 9.86. The van der Waals surface area contributed by atoms with Gasteiger partial charge in [0.1, 0.15) is 0 Å². The lowest BCUT2D eigenvalue weighted by Crippen LogP contribution is -2.27. The predicted octanol–water partition coefficient (Wildman–Crippen LogP) is 14.4. The fourth-order valence-electron chi connectivity index (χ4n) is 8.46. The first-order valence-corrected chi connectivity index (χ1v) is 19.2. The van der Waals surface area contributed by atoms with Crippen LogP contribution in [0.2, 0.25) is 0 Å². The highest BCUT2D eigenvalue weighted by atomic mass is 15.2. The Morgan fingerprint density at radius 2 is 0.764 bits per heavy atom. The van der Waals surface area contributed by atoms with Gasteiger partial charge in [0.05, 0.1) is 11.7 Å². The summed E-state index contributed by atoms with van der Waals surface area (Å²) in [5, 5.41) is 0. The smallest absolute Gasteiger partial charge is 0.0633 e. The minimum atomic E-state index is 0.189. The van der Waals surface area contributed by atoms with Gasteiger partial charge in [-0.25, -0.2) is 0 Å². The zero-order valence-electron chi connectivity index (χ0n) is 30.5. The van der Waals surface area contributed by atoms with E-state index in [1.165, 1.54) is 89.3 Å². The first-order valence-electron chi connectivity index (χ1n) is 19.2. The van der Waals surface area contributed by atoms with Gasteiger partial charge in [-0.15, -0.1) is 0 Å². The molecule has 2 aliphatic rings. The molecule has 1 unspecified atom stereocenters. The standard InChI is InChI=1S/C54H39N/c1-6-17-38(18-7-1)45-32-46(39-19-8-2-9-20-39)34-47(33-45)43-26-16-25-42(31-43)44-29-30-53-51(35-44)52-37-48(40-21-10-3-11-22-40)36-50(41-23-12-4-13-24-41)54(52)55(53)49-27-14-5-15-28-49/h1-29,31-37,53H,30H2. The number of allylic oxidation sites excluding steroid dienone is 2. The molecular formula is C54H39N. The normalized spacial score (nSPS) is 14.5. The van der Waals surface area contributed by atoms with Crippen molar-refractivity contribution in [1.29, 1.82) is 0 Å². The van der Waals surface area contributed by atoms with E-state index in [4.69, 9.17) is 0 Å². The molecule has 1 atom stereocenters. The zero-order chi connectivity index (χ0) is 36.6. The van der Waals surface area contributed by atoms with Gasteiger partial charge in [0.25, 0.3) is 0 Å². The Hall–Kier alpha value is -6.96. The zero-order valence-corrected chi connectivity index (χ0v) is 30.5. The van der Waals surface area contributed by atoms with Crippen LogP contribution >= 0.6 is 0 Å². The Kier molecular flexibility index (Phi) is 8.39. The van der Waals surface area contributed by atoms with Crippen LogP contribution in [0.25, 0.3) is 66.8 Å². The molecule has 0 fully saturated rings. The van der Waals surface area contributed by atoms with E-state index in [1.807, 2.05) is 0 Å². The van der Waals surface area contributed by atoms with Crippen molar-refractivity contribution in [2.75, 3.05) is 4.90 Å². The first-order chi connectivity index (χ1) is 27.3. The lowest BCUT2D eigenvalue weighted by molar-refractivity contribution is 0.832. The Labute approximate surface area is 323 Å². The molecule has 1 aliphatic carbocycles. The highest BCUT2D eigenvalue weighted by Crippen LogP contribution is 2.54. The maximum Gasteiger partial charge on any atom is 0.0633 e. The fraction of sp³-hybridized carbons (Fsp3) is 0.0370. The molecule has 1 heterocycles. The number of anilines is 2. The minimum Gasteiger partial charge on any atom is -0.333 e. The molecule has 0 aromatic heterocycles. The molecule has 260 valence electrons. The Bertz CT molecular complexity index is 2640. The van der Waals surface area contributed by atoms with Crippen molar-refractivity contribution in [2.24, 2.45) is 0 Å². The summed E-state index contributed by atoms with van der Waals surface area (Å²) in [5.41, 5.74) is 19.9. The van der Waals surface area contributed by atoms with Crippen molar-refractivity contribution in [3.8, 4) is 55.6 Å². The summed E-state index contributed by atoms with van der Waals surface area (Å²) in [6.45, 7) is 0. The minimum absolute atomic E-state index is 0.189. The molecule has 0 N–H and O–H groups in total. The second-order valence-corrected chi connectivity index (χ2v) is 14.5. The van der Waals surface area contributed by atoms with E-state index in [9.17, 15) is 0 Å². The number of fused-ring (bicyclic) bond motifs is 3. The highest BCUT2D eigenvalue weighted by Gasteiger charge is 2.38.